The van der Waals surface area contributed by atoms with Gasteiger partial charge in [-0.15, -0.1) is 6.42 Å². The van der Waals surface area contributed by atoms with Crippen molar-refractivity contribution in [3.63, 3.8) is 0 Å². The van der Waals surface area contributed by atoms with E-state index in [1.807, 2.05) is 13.1 Å². The van der Waals surface area contributed by atoms with Crippen molar-refractivity contribution < 1.29 is 0 Å². The summed E-state index contributed by atoms with van der Waals surface area (Å²) in [5.41, 5.74) is 2.27. The Labute approximate surface area is 78.9 Å². The van der Waals surface area contributed by atoms with Gasteiger partial charge in [0.05, 0.1) is 12.2 Å². The number of H-pyrrole nitrogens is 1. The van der Waals surface area contributed by atoms with E-state index in [2.05, 4.69) is 28.4 Å². The smallest absolute Gasteiger partial charge is 0.0686 e. The van der Waals surface area contributed by atoms with Crippen molar-refractivity contribution in [1.29, 1.82) is 0 Å². The van der Waals surface area contributed by atoms with E-state index in [0.29, 0.717) is 0 Å². The minimum atomic E-state index is 0.161. The molecule has 1 aromatic rings. The first-order valence-corrected chi connectivity index (χ1v) is 4.46. The summed E-state index contributed by atoms with van der Waals surface area (Å²) in [4.78, 5) is 0. The second kappa shape index (κ2) is 4.68. The fourth-order valence-electron chi connectivity index (χ4n) is 1.11. The largest absolute Gasteiger partial charge is 0.299 e. The van der Waals surface area contributed by atoms with Crippen LogP contribution in [0.15, 0.2) is 6.20 Å². The molecule has 0 radical (unpaired) electrons. The molecule has 0 aliphatic heterocycles. The van der Waals surface area contributed by atoms with Gasteiger partial charge < -0.3 is 0 Å². The van der Waals surface area contributed by atoms with Crippen LogP contribution in [0.3, 0.4) is 0 Å². The summed E-state index contributed by atoms with van der Waals surface area (Å²) in [7, 11) is 0. The highest BCUT2D eigenvalue weighted by atomic mass is 15.1. The first-order chi connectivity index (χ1) is 6.27. The molecule has 0 fully saturated rings. The number of hydrogen-bond donors (Lipinski definition) is 2. The average molecular weight is 177 g/mol. The van der Waals surface area contributed by atoms with Crippen LogP contribution >= 0.6 is 0 Å². The van der Waals surface area contributed by atoms with E-state index in [4.69, 9.17) is 6.42 Å². The maximum Gasteiger partial charge on any atom is 0.0686 e. The van der Waals surface area contributed by atoms with Crippen LogP contribution in [-0.4, -0.2) is 16.2 Å². The molecule has 13 heavy (non-hydrogen) atoms. The van der Waals surface area contributed by atoms with E-state index in [9.17, 15) is 0 Å². The molecule has 0 aromatic carbocycles. The summed E-state index contributed by atoms with van der Waals surface area (Å²) in [5.74, 6) is 2.69. The van der Waals surface area contributed by atoms with Crippen molar-refractivity contribution in [3.05, 3.63) is 17.5 Å². The van der Waals surface area contributed by atoms with E-state index in [1.54, 1.807) is 0 Å². The average Bonchev–Trinajstić information content (AvgIpc) is 2.54. The van der Waals surface area contributed by atoms with Gasteiger partial charge in [-0.2, -0.15) is 5.10 Å². The Morgan fingerprint density at radius 1 is 1.77 bits per heavy atom. The molecule has 0 aliphatic carbocycles. The third-order valence-corrected chi connectivity index (χ3v) is 2.08. The number of hydrogen-bond acceptors (Lipinski definition) is 2. The number of aromatic nitrogens is 2. The van der Waals surface area contributed by atoms with Gasteiger partial charge in [0.2, 0.25) is 0 Å². The maximum absolute atomic E-state index is 5.32. The molecule has 0 saturated heterocycles. The maximum atomic E-state index is 5.32. The molecule has 0 spiro atoms. The number of nitrogens with one attached hydrogen (secondary N) is 2. The van der Waals surface area contributed by atoms with Crippen LogP contribution in [0.2, 0.25) is 0 Å². The highest BCUT2D eigenvalue weighted by molar-refractivity contribution is 5.14. The highest BCUT2D eigenvalue weighted by Crippen LogP contribution is 2.02. The van der Waals surface area contributed by atoms with Gasteiger partial charge >= 0.3 is 0 Å². The summed E-state index contributed by atoms with van der Waals surface area (Å²) >= 11 is 0. The molecule has 1 rings (SSSR count). The third-order valence-electron chi connectivity index (χ3n) is 2.08. The first kappa shape index (κ1) is 9.82. The third kappa shape index (κ3) is 2.60. The van der Waals surface area contributed by atoms with E-state index in [0.717, 1.165) is 18.7 Å². The summed E-state index contributed by atoms with van der Waals surface area (Å²) in [5, 5.41) is 10.1. The Bertz CT molecular complexity index is 295. The molecule has 0 aliphatic rings. The van der Waals surface area contributed by atoms with Gasteiger partial charge in [0.1, 0.15) is 0 Å². The molecule has 0 bridgehead atoms. The topological polar surface area (TPSA) is 40.7 Å². The molecule has 70 valence electrons. The minimum absolute atomic E-state index is 0.161. The predicted octanol–water partition coefficient (Wildman–Crippen LogP) is 1.22. The summed E-state index contributed by atoms with van der Waals surface area (Å²) in [6.07, 6.45) is 8.10. The number of aryl methyl sites for hydroxylation is 1. The van der Waals surface area contributed by atoms with Crippen LogP contribution < -0.4 is 5.32 Å². The Kier molecular flexibility index (Phi) is 3.53. The summed E-state index contributed by atoms with van der Waals surface area (Å²) in [6.45, 7) is 4.85. The lowest BCUT2D eigenvalue weighted by molar-refractivity contribution is 0.591. The lowest BCUT2D eigenvalue weighted by Crippen LogP contribution is -2.26. The Hall–Kier alpha value is -1.27. The van der Waals surface area contributed by atoms with Gasteiger partial charge in [0.15, 0.2) is 0 Å². The van der Waals surface area contributed by atoms with Crippen molar-refractivity contribution >= 4 is 0 Å². The quantitative estimate of drug-likeness (QED) is 0.679. The molecule has 1 heterocycles. The van der Waals surface area contributed by atoms with Gasteiger partial charge in [-0.25, -0.2) is 0 Å². The van der Waals surface area contributed by atoms with Crippen molar-refractivity contribution in [1.82, 2.24) is 15.5 Å². The number of rotatable bonds is 4. The van der Waals surface area contributed by atoms with E-state index in [1.165, 1.54) is 5.56 Å². The molecule has 1 aromatic heterocycles. The van der Waals surface area contributed by atoms with Gasteiger partial charge in [0, 0.05) is 17.8 Å². The first-order valence-electron chi connectivity index (χ1n) is 4.46. The molecule has 1 unspecified atom stereocenters. The lowest BCUT2D eigenvalue weighted by Gasteiger charge is -2.09. The fraction of sp³-hybridized carbons (Fsp3) is 0.500. The molecular weight excluding hydrogens is 162 g/mol. The number of terminal acetylenes is 1. The molecule has 3 nitrogen and oxygen atoms in total. The minimum Gasteiger partial charge on any atom is -0.299 e. The fourth-order valence-corrected chi connectivity index (χ4v) is 1.11. The summed E-state index contributed by atoms with van der Waals surface area (Å²) < 4.78 is 0. The van der Waals surface area contributed by atoms with Crippen molar-refractivity contribution in [2.24, 2.45) is 0 Å². The van der Waals surface area contributed by atoms with Crippen LogP contribution in [-0.2, 0) is 6.54 Å². The number of nitrogens with zero attached hydrogens (tertiary/aromatic N) is 1. The highest BCUT2D eigenvalue weighted by Gasteiger charge is 2.03. The molecular formula is C10H15N3. The van der Waals surface area contributed by atoms with E-state index in [-0.39, 0.29) is 6.04 Å². The van der Waals surface area contributed by atoms with Crippen molar-refractivity contribution in [3.8, 4) is 12.3 Å². The predicted molar refractivity (Wildman–Crippen MR) is 53.1 cm³/mol. The van der Waals surface area contributed by atoms with Gasteiger partial charge in [-0.1, -0.05) is 12.8 Å². The molecule has 0 saturated carbocycles. The van der Waals surface area contributed by atoms with Crippen LogP contribution in [0.5, 0.6) is 0 Å². The zero-order chi connectivity index (χ0) is 9.68. The molecule has 3 heteroatoms. The molecule has 1 atom stereocenters. The Morgan fingerprint density at radius 2 is 2.54 bits per heavy atom. The van der Waals surface area contributed by atoms with Gasteiger partial charge in [-0.3, -0.25) is 10.4 Å². The zero-order valence-corrected chi connectivity index (χ0v) is 8.09. The van der Waals surface area contributed by atoms with Crippen LogP contribution in [0.1, 0.15) is 24.6 Å². The molecule has 2 N–H and O–H groups in total. The standard InChI is InChI=1S/C10H15N3/c1-4-10(5-2)11-6-9-7-12-13-8(9)3/h1,7,10-11H,5-6H2,2-3H3,(H,12,13). The molecule has 0 amide bonds. The van der Waals surface area contributed by atoms with Crippen LogP contribution in [0.25, 0.3) is 0 Å². The SMILES string of the molecule is C#CC(CC)NCc1cn[nH]c1C. The lowest BCUT2D eigenvalue weighted by atomic mass is 10.2. The Balaban J connectivity index is 2.44. The number of aromatic amines is 1. The van der Waals surface area contributed by atoms with Gasteiger partial charge in [0.25, 0.3) is 0 Å². The zero-order valence-electron chi connectivity index (χ0n) is 8.09. The van der Waals surface area contributed by atoms with Crippen molar-refractivity contribution in [2.75, 3.05) is 0 Å². The summed E-state index contributed by atoms with van der Waals surface area (Å²) in [6, 6.07) is 0.161. The van der Waals surface area contributed by atoms with E-state index >= 15 is 0 Å². The van der Waals surface area contributed by atoms with Crippen LogP contribution in [0.4, 0.5) is 0 Å². The monoisotopic (exact) mass is 177 g/mol. The Morgan fingerprint density at radius 3 is 3.00 bits per heavy atom. The van der Waals surface area contributed by atoms with Crippen molar-refractivity contribution in [2.45, 2.75) is 32.9 Å². The second-order valence-electron chi connectivity index (χ2n) is 3.03. The van der Waals surface area contributed by atoms with Gasteiger partial charge in [-0.05, 0) is 13.3 Å². The van der Waals surface area contributed by atoms with Crippen LogP contribution in [0, 0.1) is 19.3 Å². The van der Waals surface area contributed by atoms with E-state index < -0.39 is 0 Å². The normalized spacial score (nSPS) is 12.4. The second-order valence-corrected chi connectivity index (χ2v) is 3.03.